The fraction of sp³-hybridized carbons (Fsp3) is 0.857. The molecule has 4 nitrogen and oxygen atoms in total. The van der Waals surface area contributed by atoms with Gasteiger partial charge in [0.2, 0.25) is 5.91 Å². The largest absolute Gasteiger partial charge is 0.481 e. The van der Waals surface area contributed by atoms with Crippen LogP contribution in [0, 0.1) is 5.41 Å². The monoisotopic (exact) mass is 255 g/mol. The van der Waals surface area contributed by atoms with E-state index in [0.29, 0.717) is 32.4 Å². The summed E-state index contributed by atoms with van der Waals surface area (Å²) in [5.74, 6) is -0.615. The molecule has 0 radical (unpaired) electrons. The summed E-state index contributed by atoms with van der Waals surface area (Å²) in [4.78, 5) is 25.1. The van der Waals surface area contributed by atoms with E-state index in [4.69, 9.17) is 0 Å². The van der Waals surface area contributed by atoms with E-state index in [9.17, 15) is 14.7 Å². The van der Waals surface area contributed by atoms with Gasteiger partial charge in [0.05, 0.1) is 5.41 Å². The highest BCUT2D eigenvalue weighted by atomic mass is 16.4. The lowest BCUT2D eigenvalue weighted by Crippen LogP contribution is -2.36. The molecule has 0 aliphatic carbocycles. The van der Waals surface area contributed by atoms with Gasteiger partial charge < -0.3 is 10.0 Å². The Morgan fingerprint density at radius 3 is 2.50 bits per heavy atom. The van der Waals surface area contributed by atoms with Crippen LogP contribution in [0.4, 0.5) is 0 Å². The van der Waals surface area contributed by atoms with Gasteiger partial charge in [0.25, 0.3) is 0 Å². The molecule has 1 atom stereocenters. The lowest BCUT2D eigenvalue weighted by molar-refractivity contribution is -0.149. The molecule has 1 aliphatic heterocycles. The van der Waals surface area contributed by atoms with Crippen LogP contribution in [0.3, 0.4) is 0 Å². The summed E-state index contributed by atoms with van der Waals surface area (Å²) in [6, 6.07) is 0. The lowest BCUT2D eigenvalue weighted by atomic mass is 9.83. The van der Waals surface area contributed by atoms with Gasteiger partial charge >= 0.3 is 5.97 Å². The molecule has 1 heterocycles. The highest BCUT2D eigenvalue weighted by Crippen LogP contribution is 2.35. The van der Waals surface area contributed by atoms with Gasteiger partial charge in [-0.1, -0.05) is 33.1 Å². The van der Waals surface area contributed by atoms with Crippen molar-refractivity contribution in [2.75, 3.05) is 13.1 Å². The third-order valence-corrected chi connectivity index (χ3v) is 3.88. The molecular formula is C14H25NO3. The summed E-state index contributed by atoms with van der Waals surface area (Å²) >= 11 is 0. The molecule has 1 amide bonds. The second kappa shape index (κ2) is 6.76. The average Bonchev–Trinajstić information content (AvgIpc) is 2.75. The van der Waals surface area contributed by atoms with E-state index >= 15 is 0 Å². The maximum absolute atomic E-state index is 12.0. The number of hydrogen-bond acceptors (Lipinski definition) is 2. The number of aliphatic carboxylic acids is 1. The topological polar surface area (TPSA) is 57.6 Å². The van der Waals surface area contributed by atoms with Gasteiger partial charge in [-0.15, -0.1) is 0 Å². The number of carboxylic acid groups (broad SMARTS) is 1. The minimum atomic E-state index is -0.742. The van der Waals surface area contributed by atoms with Crippen molar-refractivity contribution in [2.24, 2.45) is 5.41 Å². The summed E-state index contributed by atoms with van der Waals surface area (Å²) in [6.07, 6.45) is 5.77. The maximum Gasteiger partial charge on any atom is 0.311 e. The zero-order valence-electron chi connectivity index (χ0n) is 11.6. The number of unbranched alkanes of at least 4 members (excludes halogenated alkanes) is 2. The minimum absolute atomic E-state index is 0.127. The SMILES string of the molecule is CCCCCC(=O)N1CCC(CCC)(C(=O)O)C1. The van der Waals surface area contributed by atoms with Gasteiger partial charge in [-0.05, 0) is 19.3 Å². The molecule has 104 valence electrons. The Morgan fingerprint density at radius 1 is 1.22 bits per heavy atom. The van der Waals surface area contributed by atoms with Crippen molar-refractivity contribution in [3.05, 3.63) is 0 Å². The second-order valence-corrected chi connectivity index (χ2v) is 5.36. The molecule has 0 aromatic heterocycles. The Hall–Kier alpha value is -1.06. The van der Waals surface area contributed by atoms with E-state index < -0.39 is 11.4 Å². The zero-order chi connectivity index (χ0) is 13.6. The molecule has 0 spiro atoms. The first-order chi connectivity index (χ1) is 8.55. The van der Waals surface area contributed by atoms with Gasteiger partial charge in [-0.25, -0.2) is 0 Å². The number of carbonyl (C=O) groups excluding carboxylic acids is 1. The van der Waals surface area contributed by atoms with Crippen LogP contribution in [-0.2, 0) is 9.59 Å². The lowest BCUT2D eigenvalue weighted by Gasteiger charge is -2.24. The van der Waals surface area contributed by atoms with Crippen LogP contribution >= 0.6 is 0 Å². The molecule has 0 bridgehead atoms. The van der Waals surface area contributed by atoms with Crippen molar-refractivity contribution in [1.82, 2.24) is 4.90 Å². The molecule has 1 saturated heterocycles. The fourth-order valence-electron chi connectivity index (χ4n) is 2.73. The van der Waals surface area contributed by atoms with E-state index in [1.54, 1.807) is 4.90 Å². The number of nitrogens with zero attached hydrogens (tertiary/aromatic N) is 1. The number of rotatable bonds is 7. The zero-order valence-corrected chi connectivity index (χ0v) is 11.6. The van der Waals surface area contributed by atoms with Crippen LogP contribution < -0.4 is 0 Å². The first-order valence-corrected chi connectivity index (χ1v) is 7.07. The van der Waals surface area contributed by atoms with Crippen molar-refractivity contribution in [3.63, 3.8) is 0 Å². The molecule has 1 fully saturated rings. The Morgan fingerprint density at radius 2 is 1.94 bits per heavy atom. The fourth-order valence-corrected chi connectivity index (χ4v) is 2.73. The van der Waals surface area contributed by atoms with Crippen LogP contribution in [0.25, 0.3) is 0 Å². The number of hydrogen-bond donors (Lipinski definition) is 1. The predicted octanol–water partition coefficient (Wildman–Crippen LogP) is 2.67. The molecule has 0 aromatic carbocycles. The van der Waals surface area contributed by atoms with E-state index in [1.165, 1.54) is 0 Å². The van der Waals surface area contributed by atoms with E-state index in [1.807, 2.05) is 6.92 Å². The quantitative estimate of drug-likeness (QED) is 0.711. The first kappa shape index (κ1) is 15.0. The Balaban J connectivity index is 2.52. The second-order valence-electron chi connectivity index (χ2n) is 5.36. The third kappa shape index (κ3) is 3.47. The van der Waals surface area contributed by atoms with Gasteiger partial charge in [0, 0.05) is 19.5 Å². The van der Waals surface area contributed by atoms with Crippen LogP contribution in [0.1, 0.15) is 58.8 Å². The average molecular weight is 255 g/mol. The van der Waals surface area contributed by atoms with Crippen molar-refractivity contribution in [3.8, 4) is 0 Å². The Kier molecular flexibility index (Phi) is 5.63. The van der Waals surface area contributed by atoms with Crippen molar-refractivity contribution in [2.45, 2.75) is 58.8 Å². The summed E-state index contributed by atoms with van der Waals surface area (Å²) in [5.41, 5.74) is -0.685. The third-order valence-electron chi connectivity index (χ3n) is 3.88. The summed E-state index contributed by atoms with van der Waals surface area (Å²) in [6.45, 7) is 5.12. The molecule has 1 N–H and O–H groups in total. The normalized spacial score (nSPS) is 23.3. The molecule has 1 rings (SSSR count). The molecule has 18 heavy (non-hydrogen) atoms. The highest BCUT2D eigenvalue weighted by molar-refractivity contribution is 5.80. The molecule has 1 aliphatic rings. The number of amides is 1. The van der Waals surface area contributed by atoms with Crippen molar-refractivity contribution < 1.29 is 14.7 Å². The molecule has 0 aromatic rings. The highest BCUT2D eigenvalue weighted by Gasteiger charge is 2.45. The summed E-state index contributed by atoms with van der Waals surface area (Å²) < 4.78 is 0. The Labute approximate surface area is 109 Å². The van der Waals surface area contributed by atoms with Gasteiger partial charge in [0.1, 0.15) is 0 Å². The maximum atomic E-state index is 12.0. The van der Waals surface area contributed by atoms with Crippen LogP contribution in [-0.4, -0.2) is 35.0 Å². The summed E-state index contributed by atoms with van der Waals surface area (Å²) in [7, 11) is 0. The Bertz CT molecular complexity index is 303. The first-order valence-electron chi connectivity index (χ1n) is 7.07. The smallest absolute Gasteiger partial charge is 0.311 e. The predicted molar refractivity (Wildman–Crippen MR) is 70.3 cm³/mol. The van der Waals surface area contributed by atoms with E-state index in [-0.39, 0.29) is 5.91 Å². The molecule has 0 saturated carbocycles. The van der Waals surface area contributed by atoms with E-state index in [0.717, 1.165) is 25.7 Å². The molecular weight excluding hydrogens is 230 g/mol. The van der Waals surface area contributed by atoms with Crippen LogP contribution in [0.5, 0.6) is 0 Å². The van der Waals surface area contributed by atoms with Gasteiger partial charge in [-0.2, -0.15) is 0 Å². The standard InChI is InChI=1S/C14H25NO3/c1-3-5-6-7-12(16)15-10-9-14(11-15,8-4-2)13(17)18/h3-11H2,1-2H3,(H,17,18). The van der Waals surface area contributed by atoms with Crippen LogP contribution in [0.2, 0.25) is 0 Å². The van der Waals surface area contributed by atoms with Crippen LogP contribution in [0.15, 0.2) is 0 Å². The number of carbonyl (C=O) groups is 2. The van der Waals surface area contributed by atoms with Crippen molar-refractivity contribution in [1.29, 1.82) is 0 Å². The van der Waals surface area contributed by atoms with E-state index in [2.05, 4.69) is 6.92 Å². The molecule has 4 heteroatoms. The van der Waals surface area contributed by atoms with Gasteiger partial charge in [0.15, 0.2) is 0 Å². The van der Waals surface area contributed by atoms with Gasteiger partial charge in [-0.3, -0.25) is 9.59 Å². The number of likely N-dealkylation sites (tertiary alicyclic amines) is 1. The molecule has 1 unspecified atom stereocenters. The summed E-state index contributed by atoms with van der Waals surface area (Å²) in [5, 5.41) is 9.37. The number of carboxylic acids is 1. The minimum Gasteiger partial charge on any atom is -0.481 e. The van der Waals surface area contributed by atoms with Crippen molar-refractivity contribution >= 4 is 11.9 Å².